The van der Waals surface area contributed by atoms with Gasteiger partial charge in [0.2, 0.25) is 5.91 Å². The van der Waals surface area contributed by atoms with E-state index in [2.05, 4.69) is 60.8 Å². The lowest BCUT2D eigenvalue weighted by molar-refractivity contribution is -0.156. The molecule has 0 atom stereocenters. The van der Waals surface area contributed by atoms with Crippen molar-refractivity contribution in [3.8, 4) is 0 Å². The van der Waals surface area contributed by atoms with Crippen molar-refractivity contribution in [3.63, 3.8) is 0 Å². The monoisotopic (exact) mass is 507 g/mol. The summed E-state index contributed by atoms with van der Waals surface area (Å²) < 4.78 is 9.70. The van der Waals surface area contributed by atoms with Crippen LogP contribution in [-0.4, -0.2) is 60.5 Å². The third kappa shape index (κ3) is 23.1. The first-order valence-corrected chi connectivity index (χ1v) is 13.0. The Balaban J connectivity index is 3.64. The standard InChI is InChI=1S/C28H45NO7/c1-2-3-4-5-6-7-8-9-10-11-12-13-14-15-16-17-18-26(32)29-21-22-35-27(33)19-20-28(34)36-25(23-30)24-31/h5-6,8-9,11-12,14-15,25,30-31H,2-4,7,10,13,16-24H2,1H3,(H,29,32)/b6-5-,9-8-,12-11-,15-14-. The second kappa shape index (κ2) is 25.4. The predicted octanol–water partition coefficient (Wildman–Crippen LogP) is 4.08. The highest BCUT2D eigenvalue weighted by molar-refractivity contribution is 5.78. The summed E-state index contributed by atoms with van der Waals surface area (Å²) in [5, 5.41) is 20.4. The van der Waals surface area contributed by atoms with Crippen LogP contribution in [0.5, 0.6) is 0 Å². The van der Waals surface area contributed by atoms with E-state index in [9.17, 15) is 14.4 Å². The Morgan fingerprint density at radius 3 is 1.83 bits per heavy atom. The molecule has 0 aromatic heterocycles. The number of esters is 2. The molecule has 0 saturated heterocycles. The lowest BCUT2D eigenvalue weighted by Gasteiger charge is -2.12. The number of carbonyl (C=O) groups excluding carboxylic acids is 3. The molecule has 0 bridgehead atoms. The highest BCUT2D eigenvalue weighted by atomic mass is 16.6. The van der Waals surface area contributed by atoms with Gasteiger partial charge in [-0.1, -0.05) is 68.4 Å². The lowest BCUT2D eigenvalue weighted by Crippen LogP contribution is -2.28. The minimum absolute atomic E-state index is 0.0204. The second-order valence-electron chi connectivity index (χ2n) is 8.17. The van der Waals surface area contributed by atoms with E-state index >= 15 is 0 Å². The Morgan fingerprint density at radius 1 is 0.750 bits per heavy atom. The van der Waals surface area contributed by atoms with Crippen molar-refractivity contribution in [1.29, 1.82) is 0 Å². The Labute approximate surface area is 216 Å². The van der Waals surface area contributed by atoms with Crippen LogP contribution in [0.4, 0.5) is 0 Å². The van der Waals surface area contributed by atoms with E-state index in [0.717, 1.165) is 32.1 Å². The maximum atomic E-state index is 11.8. The highest BCUT2D eigenvalue weighted by Gasteiger charge is 2.14. The molecule has 0 aliphatic heterocycles. The molecule has 3 N–H and O–H groups in total. The van der Waals surface area contributed by atoms with Crippen LogP contribution >= 0.6 is 0 Å². The van der Waals surface area contributed by atoms with Crippen LogP contribution in [0.15, 0.2) is 48.6 Å². The molecule has 0 fully saturated rings. The van der Waals surface area contributed by atoms with Crippen molar-refractivity contribution in [1.82, 2.24) is 5.32 Å². The van der Waals surface area contributed by atoms with Crippen molar-refractivity contribution in [2.75, 3.05) is 26.4 Å². The number of aliphatic hydroxyl groups is 2. The van der Waals surface area contributed by atoms with Gasteiger partial charge in [0.15, 0.2) is 0 Å². The molecule has 0 saturated carbocycles. The fourth-order valence-electron chi connectivity index (χ4n) is 2.85. The second-order valence-corrected chi connectivity index (χ2v) is 8.17. The number of carbonyl (C=O) groups is 3. The quantitative estimate of drug-likeness (QED) is 0.115. The molecule has 0 heterocycles. The Bertz CT molecular complexity index is 694. The molecule has 36 heavy (non-hydrogen) atoms. The van der Waals surface area contributed by atoms with Gasteiger partial charge >= 0.3 is 11.9 Å². The van der Waals surface area contributed by atoms with Gasteiger partial charge in [0.25, 0.3) is 0 Å². The van der Waals surface area contributed by atoms with E-state index in [0.29, 0.717) is 6.42 Å². The van der Waals surface area contributed by atoms with Crippen molar-refractivity contribution >= 4 is 17.8 Å². The van der Waals surface area contributed by atoms with Gasteiger partial charge in [0, 0.05) is 6.42 Å². The molecular weight excluding hydrogens is 462 g/mol. The largest absolute Gasteiger partial charge is 0.464 e. The van der Waals surface area contributed by atoms with E-state index in [-0.39, 0.29) is 31.9 Å². The summed E-state index contributed by atoms with van der Waals surface area (Å²) in [7, 11) is 0. The molecule has 0 radical (unpaired) electrons. The van der Waals surface area contributed by atoms with Crippen LogP contribution in [-0.2, 0) is 23.9 Å². The van der Waals surface area contributed by atoms with E-state index in [1.165, 1.54) is 19.3 Å². The molecule has 0 unspecified atom stereocenters. The van der Waals surface area contributed by atoms with Crippen LogP contribution in [0.3, 0.4) is 0 Å². The van der Waals surface area contributed by atoms with Crippen molar-refractivity contribution in [2.24, 2.45) is 0 Å². The number of unbranched alkanes of at least 4 members (excludes halogenated alkanes) is 3. The summed E-state index contributed by atoms with van der Waals surface area (Å²) in [6.45, 7) is 1.45. The SMILES string of the molecule is CCCC/C=C\C/C=C\C/C=C\C/C=C\CCCC(=O)NCCOC(=O)CCC(=O)OC(CO)CO. The molecule has 0 aliphatic rings. The van der Waals surface area contributed by atoms with E-state index in [1.54, 1.807) is 0 Å². The fourth-order valence-corrected chi connectivity index (χ4v) is 2.85. The summed E-state index contributed by atoms with van der Waals surface area (Å²) in [5.74, 6) is -1.39. The summed E-state index contributed by atoms with van der Waals surface area (Å²) in [4.78, 5) is 34.9. The van der Waals surface area contributed by atoms with Gasteiger partial charge < -0.3 is 25.0 Å². The molecule has 0 spiro atoms. The Morgan fingerprint density at radius 2 is 1.28 bits per heavy atom. The van der Waals surface area contributed by atoms with Crippen LogP contribution in [0.2, 0.25) is 0 Å². The maximum Gasteiger partial charge on any atom is 0.306 e. The average Bonchev–Trinajstić information content (AvgIpc) is 2.88. The molecular formula is C28H45NO7. The van der Waals surface area contributed by atoms with E-state index < -0.39 is 31.3 Å². The van der Waals surface area contributed by atoms with E-state index in [1.807, 2.05) is 0 Å². The average molecular weight is 508 g/mol. The molecule has 0 aromatic rings. The summed E-state index contributed by atoms with van der Waals surface area (Å²) in [6.07, 6.45) is 24.4. The number of hydrogen-bond donors (Lipinski definition) is 3. The number of aliphatic hydroxyl groups excluding tert-OH is 2. The van der Waals surface area contributed by atoms with Gasteiger partial charge in [-0.25, -0.2) is 0 Å². The minimum atomic E-state index is -0.985. The number of hydrogen-bond acceptors (Lipinski definition) is 7. The Kier molecular flexibility index (Phi) is 23.5. The maximum absolute atomic E-state index is 11.8. The van der Waals surface area contributed by atoms with Gasteiger partial charge in [-0.15, -0.1) is 0 Å². The van der Waals surface area contributed by atoms with Crippen LogP contribution in [0.25, 0.3) is 0 Å². The number of amides is 1. The number of rotatable bonds is 22. The van der Waals surface area contributed by atoms with Gasteiger partial charge in [-0.2, -0.15) is 0 Å². The molecule has 0 rings (SSSR count). The van der Waals surface area contributed by atoms with Crippen LogP contribution < -0.4 is 5.32 Å². The lowest BCUT2D eigenvalue weighted by atomic mass is 10.2. The third-order valence-corrected chi connectivity index (χ3v) is 4.91. The topological polar surface area (TPSA) is 122 Å². The summed E-state index contributed by atoms with van der Waals surface area (Å²) in [6, 6.07) is 0. The molecule has 0 aliphatic carbocycles. The van der Waals surface area contributed by atoms with Gasteiger partial charge in [0.05, 0.1) is 32.6 Å². The van der Waals surface area contributed by atoms with Gasteiger partial charge in [0.1, 0.15) is 12.7 Å². The van der Waals surface area contributed by atoms with Gasteiger partial charge in [-0.3, -0.25) is 14.4 Å². The zero-order valence-corrected chi connectivity index (χ0v) is 21.7. The first-order chi connectivity index (χ1) is 17.5. The van der Waals surface area contributed by atoms with Crippen molar-refractivity contribution < 1.29 is 34.1 Å². The van der Waals surface area contributed by atoms with Crippen molar-refractivity contribution in [3.05, 3.63) is 48.6 Å². The van der Waals surface area contributed by atoms with E-state index in [4.69, 9.17) is 19.7 Å². The highest BCUT2D eigenvalue weighted by Crippen LogP contribution is 2.01. The molecule has 0 aromatic carbocycles. The van der Waals surface area contributed by atoms with Crippen LogP contribution in [0.1, 0.15) is 77.6 Å². The summed E-state index contributed by atoms with van der Waals surface area (Å²) >= 11 is 0. The first kappa shape index (κ1) is 33.3. The zero-order chi connectivity index (χ0) is 26.7. The minimum Gasteiger partial charge on any atom is -0.464 e. The zero-order valence-electron chi connectivity index (χ0n) is 21.7. The fraction of sp³-hybridized carbons (Fsp3) is 0.607. The molecule has 204 valence electrons. The predicted molar refractivity (Wildman–Crippen MR) is 141 cm³/mol. The summed E-state index contributed by atoms with van der Waals surface area (Å²) in [5.41, 5.74) is 0. The first-order valence-electron chi connectivity index (χ1n) is 13.0. The Hall–Kier alpha value is -2.71. The number of nitrogens with one attached hydrogen (secondary N) is 1. The van der Waals surface area contributed by atoms with Crippen LogP contribution in [0, 0.1) is 0 Å². The van der Waals surface area contributed by atoms with Crippen molar-refractivity contribution in [2.45, 2.75) is 83.7 Å². The molecule has 1 amide bonds. The normalized spacial score (nSPS) is 11.9. The number of allylic oxidation sites excluding steroid dienone is 8. The third-order valence-electron chi connectivity index (χ3n) is 4.91. The number of ether oxygens (including phenoxy) is 2. The van der Waals surface area contributed by atoms with Gasteiger partial charge in [-0.05, 0) is 38.5 Å². The molecule has 8 nitrogen and oxygen atoms in total. The molecule has 8 heteroatoms. The smallest absolute Gasteiger partial charge is 0.306 e.